The van der Waals surface area contributed by atoms with Crippen molar-refractivity contribution in [1.82, 2.24) is 0 Å². The van der Waals surface area contributed by atoms with Gasteiger partial charge in [0.2, 0.25) is 7.37 Å². The molecule has 0 radical (unpaired) electrons. The highest BCUT2D eigenvalue weighted by atomic mass is 31.3. The first-order valence-corrected chi connectivity index (χ1v) is 15.1. The quantitative estimate of drug-likeness (QED) is 0.262. The van der Waals surface area contributed by atoms with Crippen LogP contribution in [-0.4, -0.2) is 42.3 Å². The van der Waals surface area contributed by atoms with Gasteiger partial charge in [0.25, 0.3) is 0 Å². The van der Waals surface area contributed by atoms with Crippen molar-refractivity contribution in [2.45, 2.75) is 99.8 Å². The SMILES string of the molecule is CC(C)OP(=O)(CP(=O)(OC(C)C)OC(C)C)CP(=O)(OC(C)C)OC(C)C. The molecule has 0 atom stereocenters. The van der Waals surface area contributed by atoms with Gasteiger partial charge in [0.1, 0.15) is 11.8 Å². The Morgan fingerprint density at radius 1 is 0.464 bits per heavy atom. The second-order valence-corrected chi connectivity index (χ2v) is 15.5. The summed E-state index contributed by atoms with van der Waals surface area (Å²) >= 11 is 0. The summed E-state index contributed by atoms with van der Waals surface area (Å²) in [7, 11) is -11.3. The van der Waals surface area contributed by atoms with Gasteiger partial charge in [0.15, 0.2) is 0 Å². The molecule has 0 bridgehead atoms. The summed E-state index contributed by atoms with van der Waals surface area (Å²) in [6, 6.07) is 0. The highest BCUT2D eigenvalue weighted by Gasteiger charge is 2.45. The Bertz CT molecular complexity index is 529. The molecule has 0 aromatic carbocycles. The summed E-state index contributed by atoms with van der Waals surface area (Å²) in [5.41, 5.74) is 0. The Hall–Kier alpha value is 0.490. The summed E-state index contributed by atoms with van der Waals surface area (Å²) in [5, 5.41) is 0. The molecule has 0 fully saturated rings. The van der Waals surface area contributed by atoms with Crippen LogP contribution < -0.4 is 0 Å². The summed E-state index contributed by atoms with van der Waals surface area (Å²) < 4.78 is 68.0. The smallest absolute Gasteiger partial charge is 0.325 e. The fourth-order valence-electron chi connectivity index (χ4n) is 2.49. The average molecular weight is 464 g/mol. The molecule has 0 N–H and O–H groups in total. The zero-order valence-corrected chi connectivity index (χ0v) is 21.6. The molecule has 0 amide bonds. The molecular formula is C17H39O8P3. The lowest BCUT2D eigenvalue weighted by Crippen LogP contribution is -2.16. The van der Waals surface area contributed by atoms with Crippen LogP contribution in [0.4, 0.5) is 0 Å². The molecule has 170 valence electrons. The second kappa shape index (κ2) is 11.8. The van der Waals surface area contributed by atoms with E-state index in [0.717, 1.165) is 0 Å². The topological polar surface area (TPSA) is 97.4 Å². The van der Waals surface area contributed by atoms with Crippen molar-refractivity contribution in [3.63, 3.8) is 0 Å². The van der Waals surface area contributed by atoms with E-state index in [2.05, 4.69) is 0 Å². The Morgan fingerprint density at radius 2 is 0.679 bits per heavy atom. The molecule has 11 heteroatoms. The highest BCUT2D eigenvalue weighted by molar-refractivity contribution is 7.80. The fourth-order valence-corrected chi connectivity index (χ4v) is 12.9. The van der Waals surface area contributed by atoms with Gasteiger partial charge in [-0.05, 0) is 69.2 Å². The summed E-state index contributed by atoms with van der Waals surface area (Å²) in [4.78, 5) is 0. The molecule has 0 saturated heterocycles. The van der Waals surface area contributed by atoms with E-state index < -0.39 is 64.9 Å². The normalized spacial score (nSPS) is 14.2. The van der Waals surface area contributed by atoms with Gasteiger partial charge in [-0.2, -0.15) is 0 Å². The van der Waals surface area contributed by atoms with Crippen molar-refractivity contribution in [2.24, 2.45) is 0 Å². The maximum Gasteiger partial charge on any atom is 0.340 e. The van der Waals surface area contributed by atoms with Crippen LogP contribution in [0.25, 0.3) is 0 Å². The summed E-state index contributed by atoms with van der Waals surface area (Å²) in [5.74, 6) is -0.997. The number of rotatable bonds is 14. The van der Waals surface area contributed by atoms with Gasteiger partial charge in [-0.25, -0.2) is 0 Å². The molecule has 0 spiro atoms. The van der Waals surface area contributed by atoms with Crippen molar-refractivity contribution in [3.8, 4) is 0 Å². The monoisotopic (exact) mass is 464 g/mol. The van der Waals surface area contributed by atoms with E-state index in [1.54, 1.807) is 69.2 Å². The minimum Gasteiger partial charge on any atom is -0.325 e. The molecule has 0 aliphatic rings. The van der Waals surface area contributed by atoms with E-state index >= 15 is 0 Å². The lowest BCUT2D eigenvalue weighted by atomic mass is 10.5. The van der Waals surface area contributed by atoms with E-state index in [4.69, 9.17) is 22.6 Å². The Morgan fingerprint density at radius 3 is 0.857 bits per heavy atom. The van der Waals surface area contributed by atoms with Crippen LogP contribution in [0, 0.1) is 0 Å². The van der Waals surface area contributed by atoms with Crippen LogP contribution in [0.1, 0.15) is 69.2 Å². The summed E-state index contributed by atoms with van der Waals surface area (Å²) in [6.07, 6.45) is -2.11. The summed E-state index contributed by atoms with van der Waals surface area (Å²) in [6.45, 7) is 17.1. The Kier molecular flexibility index (Phi) is 12.0. The van der Waals surface area contributed by atoms with Gasteiger partial charge < -0.3 is 22.6 Å². The third-order valence-electron chi connectivity index (χ3n) is 2.67. The van der Waals surface area contributed by atoms with Gasteiger partial charge >= 0.3 is 15.2 Å². The van der Waals surface area contributed by atoms with Crippen molar-refractivity contribution in [2.75, 3.05) is 11.8 Å². The van der Waals surface area contributed by atoms with Gasteiger partial charge in [-0.15, -0.1) is 0 Å². The number of hydrogen-bond acceptors (Lipinski definition) is 8. The van der Waals surface area contributed by atoms with Gasteiger partial charge in [0.05, 0.1) is 30.5 Å². The molecule has 8 nitrogen and oxygen atoms in total. The third-order valence-corrected chi connectivity index (χ3v) is 12.7. The van der Waals surface area contributed by atoms with Crippen molar-refractivity contribution in [3.05, 3.63) is 0 Å². The first-order chi connectivity index (χ1) is 12.5. The second-order valence-electron chi connectivity index (χ2n) is 8.09. The predicted octanol–water partition coefficient (Wildman–Crippen LogP) is 6.69. The molecular weight excluding hydrogens is 425 g/mol. The van der Waals surface area contributed by atoms with Crippen molar-refractivity contribution < 1.29 is 36.3 Å². The van der Waals surface area contributed by atoms with Gasteiger partial charge in [0, 0.05) is 0 Å². The lowest BCUT2D eigenvalue weighted by molar-refractivity contribution is 0.143. The van der Waals surface area contributed by atoms with E-state index in [1.807, 2.05) is 0 Å². The molecule has 0 rings (SSSR count). The van der Waals surface area contributed by atoms with Crippen molar-refractivity contribution >= 4 is 22.6 Å². The van der Waals surface area contributed by atoms with E-state index in [0.29, 0.717) is 0 Å². The lowest BCUT2D eigenvalue weighted by Gasteiger charge is -2.30. The maximum absolute atomic E-state index is 13.7. The minimum absolute atomic E-state index is 0.414. The van der Waals surface area contributed by atoms with E-state index in [1.165, 1.54) is 0 Å². The Labute approximate surface area is 170 Å². The standard InChI is InChI=1S/C17H39O8P3/c1-13(2)21-26(18,11-27(19,22-14(3)4)23-15(5)6)12-28(20,24-16(7)8)25-17(9)10/h13-17H,11-12H2,1-10H3. The first-order valence-electron chi connectivity index (χ1n) is 9.68. The molecule has 0 heterocycles. The maximum atomic E-state index is 13.7. The van der Waals surface area contributed by atoms with Gasteiger partial charge in [-0.1, -0.05) is 0 Å². The molecule has 0 saturated carbocycles. The van der Waals surface area contributed by atoms with Crippen LogP contribution in [0.15, 0.2) is 0 Å². The molecule has 0 aliphatic heterocycles. The van der Waals surface area contributed by atoms with E-state index in [-0.39, 0.29) is 0 Å². The van der Waals surface area contributed by atoms with Crippen LogP contribution in [0.3, 0.4) is 0 Å². The zero-order chi connectivity index (χ0) is 22.3. The molecule has 0 aromatic heterocycles. The first kappa shape index (κ1) is 28.5. The molecule has 0 unspecified atom stereocenters. The number of hydrogen-bond donors (Lipinski definition) is 0. The van der Waals surface area contributed by atoms with Crippen molar-refractivity contribution in [1.29, 1.82) is 0 Å². The third kappa shape index (κ3) is 12.2. The minimum atomic E-state index is -3.78. The van der Waals surface area contributed by atoms with E-state index in [9.17, 15) is 13.7 Å². The fraction of sp³-hybridized carbons (Fsp3) is 1.00. The van der Waals surface area contributed by atoms with Gasteiger partial charge in [-0.3, -0.25) is 13.7 Å². The van der Waals surface area contributed by atoms with Crippen LogP contribution >= 0.6 is 22.6 Å². The molecule has 0 aliphatic carbocycles. The predicted molar refractivity (Wildman–Crippen MR) is 114 cm³/mol. The molecule has 28 heavy (non-hydrogen) atoms. The highest BCUT2D eigenvalue weighted by Crippen LogP contribution is 2.71. The molecule has 0 aromatic rings. The Balaban J connectivity index is 5.95. The average Bonchev–Trinajstić information content (AvgIpc) is 2.29. The van der Waals surface area contributed by atoms with Crippen LogP contribution in [-0.2, 0) is 36.3 Å². The zero-order valence-electron chi connectivity index (χ0n) is 18.9. The largest absolute Gasteiger partial charge is 0.340 e. The van der Waals surface area contributed by atoms with Crippen LogP contribution in [0.5, 0.6) is 0 Å². The van der Waals surface area contributed by atoms with Crippen LogP contribution in [0.2, 0.25) is 0 Å².